The molecule has 0 fully saturated rings. The molecule has 5 N–H and O–H groups in total. The molecule has 6 nitrogen and oxygen atoms in total. The minimum absolute atomic E-state index is 0.201. The number of nitrogens with two attached hydrogens (primary N) is 2. The Hall–Kier alpha value is -2.15. The molecule has 0 aliphatic carbocycles. The van der Waals surface area contributed by atoms with Crippen LogP contribution in [0.5, 0.6) is 0 Å². The predicted octanol–water partition coefficient (Wildman–Crippen LogP) is 0.102. The van der Waals surface area contributed by atoms with Gasteiger partial charge in [0.1, 0.15) is 5.82 Å². The van der Waals surface area contributed by atoms with Crippen LogP contribution in [0.4, 0.5) is 10.1 Å². The van der Waals surface area contributed by atoms with Crippen molar-refractivity contribution in [2.75, 3.05) is 24.5 Å². The van der Waals surface area contributed by atoms with E-state index in [1.807, 2.05) is 6.92 Å². The summed E-state index contributed by atoms with van der Waals surface area (Å²) in [6.45, 7) is 2.63. The van der Waals surface area contributed by atoms with Crippen LogP contribution >= 0.6 is 0 Å². The second-order valence-corrected chi connectivity index (χ2v) is 4.70. The monoisotopic (exact) mass is 296 g/mol. The van der Waals surface area contributed by atoms with Crippen LogP contribution in [-0.2, 0) is 16.1 Å². The number of benzene rings is 1. The first kappa shape index (κ1) is 16.9. The number of rotatable bonds is 9. The van der Waals surface area contributed by atoms with Gasteiger partial charge in [0, 0.05) is 17.8 Å². The Bertz CT molecular complexity index is 492. The molecule has 0 heterocycles. The Morgan fingerprint density at radius 2 is 1.86 bits per heavy atom. The van der Waals surface area contributed by atoms with E-state index in [2.05, 4.69) is 5.32 Å². The molecule has 2 amide bonds. The van der Waals surface area contributed by atoms with Gasteiger partial charge in [-0.25, -0.2) is 4.39 Å². The van der Waals surface area contributed by atoms with Crippen molar-refractivity contribution < 1.29 is 14.0 Å². The number of amides is 2. The average molecular weight is 296 g/mol. The lowest BCUT2D eigenvalue weighted by Crippen LogP contribution is -2.40. The van der Waals surface area contributed by atoms with E-state index in [-0.39, 0.29) is 13.1 Å². The lowest BCUT2D eigenvalue weighted by atomic mass is 10.1. The van der Waals surface area contributed by atoms with Gasteiger partial charge in [-0.3, -0.25) is 9.59 Å². The van der Waals surface area contributed by atoms with Crippen molar-refractivity contribution in [3.8, 4) is 0 Å². The average Bonchev–Trinajstić information content (AvgIpc) is 2.39. The highest BCUT2D eigenvalue weighted by molar-refractivity contribution is 5.85. The molecule has 0 saturated carbocycles. The molecule has 1 aromatic carbocycles. The molecule has 0 bridgehead atoms. The highest BCUT2D eigenvalue weighted by Crippen LogP contribution is 2.23. The quantitative estimate of drug-likeness (QED) is 0.563. The number of hydrogen-bond acceptors (Lipinski definition) is 4. The summed E-state index contributed by atoms with van der Waals surface area (Å²) in [7, 11) is 0. The van der Waals surface area contributed by atoms with Gasteiger partial charge in [0.25, 0.3) is 0 Å². The Morgan fingerprint density at radius 3 is 2.38 bits per heavy atom. The van der Waals surface area contributed by atoms with E-state index in [9.17, 15) is 14.0 Å². The topological polar surface area (TPSA) is 101 Å². The smallest absolute Gasteiger partial charge is 0.236 e. The Kier molecular flexibility index (Phi) is 6.61. The van der Waals surface area contributed by atoms with Crippen LogP contribution in [0.2, 0.25) is 0 Å². The zero-order valence-corrected chi connectivity index (χ0v) is 12.1. The summed E-state index contributed by atoms with van der Waals surface area (Å²) in [5.41, 5.74) is 11.2. The molecule has 116 valence electrons. The number of hydrogen-bond donors (Lipinski definition) is 3. The van der Waals surface area contributed by atoms with Crippen molar-refractivity contribution in [3.05, 3.63) is 29.6 Å². The molecule has 0 aromatic heterocycles. The Labute approximate surface area is 123 Å². The van der Waals surface area contributed by atoms with Gasteiger partial charge in [0.15, 0.2) is 0 Å². The largest absolute Gasteiger partial charge is 0.368 e. The number of carbonyl (C=O) groups is 2. The molecule has 0 aliphatic heterocycles. The van der Waals surface area contributed by atoms with Crippen LogP contribution in [-0.4, -0.2) is 31.4 Å². The molecular weight excluding hydrogens is 275 g/mol. The van der Waals surface area contributed by atoms with E-state index >= 15 is 0 Å². The number of primary amides is 2. The Balaban J connectivity index is 3.07. The fraction of sp³-hybridized carbons (Fsp3) is 0.429. The van der Waals surface area contributed by atoms with Crippen LogP contribution in [0.25, 0.3) is 0 Å². The second-order valence-electron chi connectivity index (χ2n) is 4.70. The van der Waals surface area contributed by atoms with E-state index in [0.717, 1.165) is 13.0 Å². The highest BCUT2D eigenvalue weighted by atomic mass is 19.1. The number of nitrogens with one attached hydrogen (secondary N) is 1. The van der Waals surface area contributed by atoms with E-state index in [4.69, 9.17) is 11.5 Å². The van der Waals surface area contributed by atoms with Gasteiger partial charge in [0.2, 0.25) is 11.8 Å². The van der Waals surface area contributed by atoms with Crippen molar-refractivity contribution in [2.45, 2.75) is 19.9 Å². The van der Waals surface area contributed by atoms with Crippen LogP contribution < -0.4 is 21.7 Å². The SMILES string of the molecule is CCCNCc1c(F)cccc1N(CC(N)=O)CC(N)=O. The van der Waals surface area contributed by atoms with E-state index in [1.54, 1.807) is 6.07 Å². The fourth-order valence-electron chi connectivity index (χ4n) is 2.01. The standard InChI is InChI=1S/C14H21FN4O2/c1-2-6-18-7-10-11(15)4-3-5-12(10)19(8-13(16)20)9-14(17)21/h3-5,18H,2,6-9H2,1H3,(H2,16,20)(H2,17,21). The minimum atomic E-state index is -0.618. The normalized spacial score (nSPS) is 10.4. The summed E-state index contributed by atoms with van der Waals surface area (Å²) in [5.74, 6) is -1.64. The van der Waals surface area contributed by atoms with Gasteiger partial charge in [-0.15, -0.1) is 0 Å². The third-order valence-electron chi connectivity index (χ3n) is 2.86. The number of nitrogens with zero attached hydrogens (tertiary/aromatic N) is 1. The maximum Gasteiger partial charge on any atom is 0.236 e. The molecule has 0 atom stereocenters. The molecular formula is C14H21FN4O2. The van der Waals surface area contributed by atoms with Gasteiger partial charge in [-0.2, -0.15) is 0 Å². The predicted molar refractivity (Wildman–Crippen MR) is 79.0 cm³/mol. The molecule has 0 radical (unpaired) electrons. The van der Waals surface area contributed by atoms with Crippen molar-refractivity contribution >= 4 is 17.5 Å². The lowest BCUT2D eigenvalue weighted by molar-refractivity contribution is -0.117. The fourth-order valence-corrected chi connectivity index (χ4v) is 2.01. The van der Waals surface area contributed by atoms with Crippen LogP contribution in [0.15, 0.2) is 18.2 Å². The summed E-state index contributed by atoms with van der Waals surface area (Å²) in [6, 6.07) is 4.49. The van der Waals surface area contributed by atoms with Gasteiger partial charge in [-0.05, 0) is 25.1 Å². The van der Waals surface area contributed by atoms with Crippen molar-refractivity contribution in [1.82, 2.24) is 5.32 Å². The lowest BCUT2D eigenvalue weighted by Gasteiger charge is -2.25. The Morgan fingerprint density at radius 1 is 1.24 bits per heavy atom. The zero-order valence-electron chi connectivity index (χ0n) is 12.1. The first-order valence-corrected chi connectivity index (χ1v) is 6.75. The second kappa shape index (κ2) is 8.21. The number of carbonyl (C=O) groups excluding carboxylic acids is 2. The molecule has 0 saturated heterocycles. The van der Waals surface area contributed by atoms with Gasteiger partial charge < -0.3 is 21.7 Å². The van der Waals surface area contributed by atoms with Gasteiger partial charge in [0.05, 0.1) is 13.1 Å². The summed E-state index contributed by atoms with van der Waals surface area (Å²) < 4.78 is 14.0. The van der Waals surface area contributed by atoms with Gasteiger partial charge in [-0.1, -0.05) is 13.0 Å². The minimum Gasteiger partial charge on any atom is -0.368 e. The zero-order chi connectivity index (χ0) is 15.8. The van der Waals surface area contributed by atoms with E-state index in [1.165, 1.54) is 17.0 Å². The summed E-state index contributed by atoms with van der Waals surface area (Å²) >= 11 is 0. The first-order chi connectivity index (χ1) is 9.95. The maximum absolute atomic E-state index is 14.0. The summed E-state index contributed by atoms with van der Waals surface area (Å²) in [5, 5.41) is 3.10. The van der Waals surface area contributed by atoms with Crippen molar-refractivity contribution in [2.24, 2.45) is 11.5 Å². The molecule has 21 heavy (non-hydrogen) atoms. The van der Waals surface area contributed by atoms with Crippen LogP contribution in [0, 0.1) is 5.82 Å². The summed E-state index contributed by atoms with van der Waals surface area (Å²) in [6.07, 6.45) is 0.913. The molecule has 0 aliphatic rings. The number of halogens is 1. The molecule has 1 aromatic rings. The molecule has 7 heteroatoms. The van der Waals surface area contributed by atoms with E-state index in [0.29, 0.717) is 17.8 Å². The molecule has 0 unspecified atom stereocenters. The van der Waals surface area contributed by atoms with E-state index < -0.39 is 17.6 Å². The first-order valence-electron chi connectivity index (χ1n) is 6.75. The van der Waals surface area contributed by atoms with Crippen LogP contribution in [0.3, 0.4) is 0 Å². The third-order valence-corrected chi connectivity index (χ3v) is 2.86. The van der Waals surface area contributed by atoms with Crippen LogP contribution in [0.1, 0.15) is 18.9 Å². The molecule has 0 spiro atoms. The highest BCUT2D eigenvalue weighted by Gasteiger charge is 2.17. The van der Waals surface area contributed by atoms with Crippen molar-refractivity contribution in [3.63, 3.8) is 0 Å². The third kappa shape index (κ3) is 5.39. The summed E-state index contributed by atoms with van der Waals surface area (Å²) in [4.78, 5) is 23.7. The number of anilines is 1. The molecule has 1 rings (SSSR count). The van der Waals surface area contributed by atoms with Gasteiger partial charge >= 0.3 is 0 Å². The maximum atomic E-state index is 14.0. The van der Waals surface area contributed by atoms with Crippen molar-refractivity contribution in [1.29, 1.82) is 0 Å².